The number of hydrogen-bond donors (Lipinski definition) is 1. The molecule has 2 aromatic heterocycles. The van der Waals surface area contributed by atoms with Crippen LogP contribution in [0.5, 0.6) is 0 Å². The lowest BCUT2D eigenvalue weighted by Gasteiger charge is -2.19. The first-order valence-electron chi connectivity index (χ1n) is 13.2. The fourth-order valence-corrected chi connectivity index (χ4v) is 4.31. The van der Waals surface area contributed by atoms with Gasteiger partial charge in [-0.25, -0.2) is 9.18 Å². The Balaban J connectivity index is 1.79. The van der Waals surface area contributed by atoms with Crippen molar-refractivity contribution >= 4 is 28.6 Å². The third-order valence-corrected chi connectivity index (χ3v) is 6.37. The summed E-state index contributed by atoms with van der Waals surface area (Å²) in [5.41, 5.74) is 2.42. The number of hydrogen-bond acceptors (Lipinski definition) is 5. The summed E-state index contributed by atoms with van der Waals surface area (Å²) in [6.07, 6.45) is 5.36. The standard InChI is InChI=1S/C30H36FN3O5/c1-5-10-20-15-23(31)16-22-17-24(32-28(20)22)19-34-14-9-11-21(29(34)37)18-26(36)27(39-30(38)33(3)4)13-8-7-12-25(35)6-2/h7,9,11-12,14-17,27,32H,5-6,8,10,13,18-19H2,1-4H3/b12-7+/t27-/m0/s1. The minimum atomic E-state index is -1.06. The SMILES string of the molecule is CCCc1cc(F)cc2cc(Cn3cccc(CC(=O)[C@H](CC/C=C/C(=O)CC)OC(=O)N(C)C)c3=O)[nH]c12. The summed E-state index contributed by atoms with van der Waals surface area (Å²) in [4.78, 5) is 54.6. The van der Waals surface area contributed by atoms with Crippen LogP contribution in [-0.2, 0) is 33.7 Å². The molecule has 9 heteroatoms. The summed E-state index contributed by atoms with van der Waals surface area (Å²) in [6.45, 7) is 4.01. The smallest absolute Gasteiger partial charge is 0.409 e. The van der Waals surface area contributed by atoms with Gasteiger partial charge >= 0.3 is 6.09 Å². The van der Waals surface area contributed by atoms with Crippen LogP contribution in [0, 0.1) is 5.82 Å². The van der Waals surface area contributed by atoms with Gasteiger partial charge in [0.05, 0.1) is 6.54 Å². The molecule has 0 radical (unpaired) electrons. The molecule has 0 spiro atoms. The number of fused-ring (bicyclic) bond motifs is 1. The van der Waals surface area contributed by atoms with Crippen LogP contribution in [0.25, 0.3) is 10.9 Å². The topological polar surface area (TPSA) is 101 Å². The fraction of sp³-hybridized carbons (Fsp3) is 0.400. The second kappa shape index (κ2) is 13.7. The highest BCUT2D eigenvalue weighted by molar-refractivity contribution is 5.89. The van der Waals surface area contributed by atoms with Gasteiger partial charge in [-0.3, -0.25) is 14.4 Å². The molecule has 0 fully saturated rings. The quantitative estimate of drug-likeness (QED) is 0.311. The fourth-order valence-electron chi connectivity index (χ4n) is 4.31. The first-order chi connectivity index (χ1) is 18.6. The van der Waals surface area contributed by atoms with Gasteiger partial charge in [-0.2, -0.15) is 0 Å². The highest BCUT2D eigenvalue weighted by atomic mass is 19.1. The van der Waals surface area contributed by atoms with Crippen molar-refractivity contribution in [3.8, 4) is 0 Å². The third-order valence-electron chi connectivity index (χ3n) is 6.37. The second-order valence-electron chi connectivity index (χ2n) is 9.75. The molecule has 8 nitrogen and oxygen atoms in total. The maximum Gasteiger partial charge on any atom is 0.409 e. The van der Waals surface area contributed by atoms with Crippen molar-refractivity contribution in [2.45, 2.75) is 65.0 Å². The second-order valence-corrected chi connectivity index (χ2v) is 9.75. The maximum absolute atomic E-state index is 14.1. The number of nitrogens with one attached hydrogen (secondary N) is 1. The Hall–Kier alpha value is -4.01. The number of carbonyl (C=O) groups is 3. The van der Waals surface area contributed by atoms with E-state index in [1.165, 1.54) is 41.8 Å². The lowest BCUT2D eigenvalue weighted by Crippen LogP contribution is -2.35. The number of halogens is 1. The van der Waals surface area contributed by atoms with Gasteiger partial charge in [-0.05, 0) is 55.2 Å². The molecule has 0 aliphatic rings. The van der Waals surface area contributed by atoms with E-state index in [1.54, 1.807) is 31.3 Å². The summed E-state index contributed by atoms with van der Waals surface area (Å²) < 4.78 is 21.0. The van der Waals surface area contributed by atoms with Gasteiger partial charge < -0.3 is 19.2 Å². The largest absolute Gasteiger partial charge is 0.438 e. The first-order valence-corrected chi connectivity index (χ1v) is 13.2. The Morgan fingerprint density at radius 2 is 1.92 bits per heavy atom. The predicted molar refractivity (Wildman–Crippen MR) is 148 cm³/mol. The molecule has 39 heavy (non-hydrogen) atoms. The molecule has 1 atom stereocenters. The number of nitrogens with zero attached hydrogens (tertiary/aromatic N) is 2. The third kappa shape index (κ3) is 7.99. The number of ketones is 2. The molecule has 1 N–H and O–H groups in total. The predicted octanol–water partition coefficient (Wildman–Crippen LogP) is 4.96. The zero-order valence-corrected chi connectivity index (χ0v) is 23.0. The van der Waals surface area contributed by atoms with Crippen LogP contribution in [0.2, 0.25) is 0 Å². The average Bonchev–Trinajstić information content (AvgIpc) is 3.30. The van der Waals surface area contributed by atoms with Crippen LogP contribution < -0.4 is 5.56 Å². The minimum Gasteiger partial charge on any atom is -0.438 e. The van der Waals surface area contributed by atoms with Crippen molar-refractivity contribution in [3.05, 3.63) is 81.7 Å². The number of H-pyrrole nitrogens is 1. The van der Waals surface area contributed by atoms with Crippen LogP contribution in [0.4, 0.5) is 9.18 Å². The molecule has 0 saturated heterocycles. The van der Waals surface area contributed by atoms with Gasteiger partial charge in [-0.15, -0.1) is 0 Å². The summed E-state index contributed by atoms with van der Waals surface area (Å²) >= 11 is 0. The van der Waals surface area contributed by atoms with E-state index < -0.39 is 18.0 Å². The lowest BCUT2D eigenvalue weighted by atomic mass is 10.0. The van der Waals surface area contributed by atoms with E-state index in [-0.39, 0.29) is 42.1 Å². The molecular formula is C30H36FN3O5. The van der Waals surface area contributed by atoms with Gasteiger partial charge in [0.15, 0.2) is 17.7 Å². The van der Waals surface area contributed by atoms with Crippen LogP contribution in [0.3, 0.4) is 0 Å². The molecule has 0 bridgehead atoms. The molecule has 3 rings (SSSR count). The molecule has 0 unspecified atom stereocenters. The van der Waals surface area contributed by atoms with E-state index in [9.17, 15) is 23.6 Å². The molecule has 3 aromatic rings. The summed E-state index contributed by atoms with van der Waals surface area (Å²) in [5.74, 6) is -0.735. The number of aromatic amines is 1. The van der Waals surface area contributed by atoms with Crippen molar-refractivity contribution in [2.75, 3.05) is 14.1 Å². The monoisotopic (exact) mass is 537 g/mol. The van der Waals surface area contributed by atoms with Gasteiger partial charge in [0.25, 0.3) is 5.56 Å². The van der Waals surface area contributed by atoms with Crippen LogP contribution in [0.1, 0.15) is 56.4 Å². The van der Waals surface area contributed by atoms with Crippen LogP contribution in [-0.4, -0.2) is 52.3 Å². The number of carbonyl (C=O) groups excluding carboxylic acids is 3. The number of Topliss-reactive ketones (excluding diaryl/α,β-unsaturated/α-hetero) is 1. The van der Waals surface area contributed by atoms with Crippen LogP contribution in [0.15, 0.2) is 53.5 Å². The van der Waals surface area contributed by atoms with Crippen molar-refractivity contribution in [1.82, 2.24) is 14.5 Å². The number of pyridine rings is 1. The van der Waals surface area contributed by atoms with Crippen molar-refractivity contribution in [1.29, 1.82) is 0 Å². The van der Waals surface area contributed by atoms with Crippen molar-refractivity contribution in [3.63, 3.8) is 0 Å². The number of amides is 1. The molecule has 0 aliphatic carbocycles. The first kappa shape index (κ1) is 29.5. The normalized spacial score (nSPS) is 12.1. The molecular weight excluding hydrogens is 501 g/mol. The van der Waals surface area contributed by atoms with Gasteiger partial charge in [-0.1, -0.05) is 32.4 Å². The van der Waals surface area contributed by atoms with Crippen molar-refractivity contribution < 1.29 is 23.5 Å². The molecule has 2 heterocycles. The number of rotatable bonds is 13. The Bertz CT molecular complexity index is 1420. The molecule has 1 amide bonds. The highest BCUT2D eigenvalue weighted by Crippen LogP contribution is 2.23. The molecule has 0 aliphatic heterocycles. The zero-order valence-electron chi connectivity index (χ0n) is 23.0. The average molecular weight is 538 g/mol. The number of aromatic nitrogens is 2. The van der Waals surface area contributed by atoms with E-state index in [0.29, 0.717) is 12.8 Å². The number of benzene rings is 1. The lowest BCUT2D eigenvalue weighted by molar-refractivity contribution is -0.127. The van der Waals surface area contributed by atoms with Gasteiger partial charge in [0.1, 0.15) is 5.82 Å². The van der Waals surface area contributed by atoms with Gasteiger partial charge in [0.2, 0.25) is 0 Å². The summed E-state index contributed by atoms with van der Waals surface area (Å²) in [6, 6.07) is 8.10. The minimum absolute atomic E-state index is 0.0327. The molecule has 1 aromatic carbocycles. The number of allylic oxidation sites excluding steroid dienone is 2. The Kier molecular flexibility index (Phi) is 10.4. The summed E-state index contributed by atoms with van der Waals surface area (Å²) in [5, 5.41) is 0.744. The molecule has 0 saturated carbocycles. The summed E-state index contributed by atoms with van der Waals surface area (Å²) in [7, 11) is 3.03. The van der Waals surface area contributed by atoms with E-state index in [2.05, 4.69) is 4.98 Å². The van der Waals surface area contributed by atoms with Crippen molar-refractivity contribution in [2.24, 2.45) is 0 Å². The maximum atomic E-state index is 14.1. The van der Waals surface area contributed by atoms with E-state index in [4.69, 9.17) is 4.74 Å². The van der Waals surface area contributed by atoms with Gasteiger partial charge in [0, 0.05) is 55.3 Å². The Labute approximate surface area is 227 Å². The zero-order chi connectivity index (χ0) is 28.5. The van der Waals surface area contributed by atoms with E-state index in [1.807, 2.05) is 13.0 Å². The Morgan fingerprint density at radius 3 is 2.62 bits per heavy atom. The number of aryl methyl sites for hydroxylation is 1. The Morgan fingerprint density at radius 1 is 1.15 bits per heavy atom. The number of ether oxygens (including phenoxy) is 1. The van der Waals surface area contributed by atoms with E-state index >= 15 is 0 Å². The molecule has 208 valence electrons. The van der Waals surface area contributed by atoms with Crippen LogP contribution >= 0.6 is 0 Å². The highest BCUT2D eigenvalue weighted by Gasteiger charge is 2.24. The van der Waals surface area contributed by atoms with E-state index in [0.717, 1.165) is 35.0 Å².